The Labute approximate surface area is 85.9 Å². The molecular formula is C11H19N3. The largest absolute Gasteiger partial charge is 0.317 e. The minimum absolute atomic E-state index is 0.525. The molecule has 0 aromatic carbocycles. The van der Waals surface area contributed by atoms with Crippen molar-refractivity contribution in [2.45, 2.75) is 39.2 Å². The summed E-state index contributed by atoms with van der Waals surface area (Å²) in [7, 11) is 2.00. The Balaban J connectivity index is 2.53. The number of aromatic nitrogens is 2. The van der Waals surface area contributed by atoms with E-state index in [1.54, 1.807) is 0 Å². The number of hydrogen-bond acceptors (Lipinski definition) is 3. The summed E-state index contributed by atoms with van der Waals surface area (Å²) in [5.41, 5.74) is 2.05. The van der Waals surface area contributed by atoms with Crippen molar-refractivity contribution in [2.75, 3.05) is 7.05 Å². The van der Waals surface area contributed by atoms with Gasteiger partial charge >= 0.3 is 0 Å². The van der Waals surface area contributed by atoms with E-state index in [-0.39, 0.29) is 0 Å². The molecule has 0 aliphatic heterocycles. The van der Waals surface area contributed by atoms with Gasteiger partial charge in [-0.1, -0.05) is 13.3 Å². The van der Waals surface area contributed by atoms with Crippen molar-refractivity contribution in [3.63, 3.8) is 0 Å². The van der Waals surface area contributed by atoms with Crippen LogP contribution in [0.15, 0.2) is 12.1 Å². The van der Waals surface area contributed by atoms with Gasteiger partial charge < -0.3 is 5.32 Å². The lowest BCUT2D eigenvalue weighted by Crippen LogP contribution is -2.27. The van der Waals surface area contributed by atoms with Gasteiger partial charge in [0.25, 0.3) is 0 Å². The summed E-state index contributed by atoms with van der Waals surface area (Å²) in [6, 6.07) is 4.60. The molecule has 0 spiro atoms. The zero-order chi connectivity index (χ0) is 10.4. The molecule has 0 fully saturated rings. The molecule has 1 aromatic rings. The van der Waals surface area contributed by atoms with Crippen LogP contribution < -0.4 is 5.32 Å². The SMILES string of the molecule is CCCC(Cc1ccc(C)nn1)NC. The summed E-state index contributed by atoms with van der Waals surface area (Å²) in [6.07, 6.45) is 3.36. The second kappa shape index (κ2) is 5.70. The molecular weight excluding hydrogens is 174 g/mol. The Morgan fingerprint density at radius 1 is 1.36 bits per heavy atom. The van der Waals surface area contributed by atoms with Crippen LogP contribution in [-0.4, -0.2) is 23.3 Å². The van der Waals surface area contributed by atoms with E-state index in [1.807, 2.05) is 20.0 Å². The van der Waals surface area contributed by atoms with Gasteiger partial charge in [-0.2, -0.15) is 10.2 Å². The van der Waals surface area contributed by atoms with Crippen molar-refractivity contribution >= 4 is 0 Å². The molecule has 3 heteroatoms. The monoisotopic (exact) mass is 193 g/mol. The molecule has 0 saturated heterocycles. The van der Waals surface area contributed by atoms with E-state index in [0.717, 1.165) is 17.8 Å². The van der Waals surface area contributed by atoms with E-state index >= 15 is 0 Å². The van der Waals surface area contributed by atoms with Crippen LogP contribution in [0.4, 0.5) is 0 Å². The van der Waals surface area contributed by atoms with E-state index in [9.17, 15) is 0 Å². The van der Waals surface area contributed by atoms with Gasteiger partial charge in [0.05, 0.1) is 11.4 Å². The highest BCUT2D eigenvalue weighted by molar-refractivity contribution is 5.06. The lowest BCUT2D eigenvalue weighted by atomic mass is 10.1. The van der Waals surface area contributed by atoms with Crippen LogP contribution in [0.3, 0.4) is 0 Å². The first-order chi connectivity index (χ1) is 6.76. The Hall–Kier alpha value is -0.960. The topological polar surface area (TPSA) is 37.8 Å². The third kappa shape index (κ3) is 3.42. The first-order valence-corrected chi connectivity index (χ1v) is 5.22. The fourth-order valence-corrected chi connectivity index (χ4v) is 1.48. The van der Waals surface area contributed by atoms with Gasteiger partial charge in [0.2, 0.25) is 0 Å². The molecule has 1 aromatic heterocycles. The van der Waals surface area contributed by atoms with Crippen LogP contribution >= 0.6 is 0 Å². The molecule has 1 N–H and O–H groups in total. The molecule has 0 bridgehead atoms. The van der Waals surface area contributed by atoms with Crippen LogP contribution in [0.5, 0.6) is 0 Å². The third-order valence-electron chi connectivity index (χ3n) is 2.35. The maximum absolute atomic E-state index is 4.16. The molecule has 0 saturated carbocycles. The van der Waals surface area contributed by atoms with Gasteiger partial charge in [-0.05, 0) is 32.5 Å². The molecule has 3 nitrogen and oxygen atoms in total. The molecule has 0 aliphatic carbocycles. The number of aryl methyl sites for hydroxylation is 1. The van der Waals surface area contributed by atoms with E-state index in [4.69, 9.17) is 0 Å². The molecule has 0 aliphatic rings. The standard InChI is InChI=1S/C11H19N3/c1-4-5-10(12-3)8-11-7-6-9(2)13-14-11/h6-7,10,12H,4-5,8H2,1-3H3. The molecule has 1 heterocycles. The Bertz CT molecular complexity index is 256. The number of nitrogens with one attached hydrogen (secondary N) is 1. The van der Waals surface area contributed by atoms with Crippen LogP contribution in [0, 0.1) is 6.92 Å². The smallest absolute Gasteiger partial charge is 0.0646 e. The van der Waals surface area contributed by atoms with Crippen molar-refractivity contribution in [1.82, 2.24) is 15.5 Å². The van der Waals surface area contributed by atoms with E-state index in [1.165, 1.54) is 12.8 Å². The molecule has 14 heavy (non-hydrogen) atoms. The predicted octanol–water partition coefficient (Wildman–Crippen LogP) is 1.72. The summed E-state index contributed by atoms with van der Waals surface area (Å²) in [5, 5.41) is 11.5. The van der Waals surface area contributed by atoms with Crippen LogP contribution in [0.2, 0.25) is 0 Å². The summed E-state index contributed by atoms with van der Waals surface area (Å²) in [4.78, 5) is 0. The number of rotatable bonds is 5. The molecule has 1 rings (SSSR count). The van der Waals surface area contributed by atoms with E-state index in [0.29, 0.717) is 6.04 Å². The van der Waals surface area contributed by atoms with Crippen LogP contribution in [0.1, 0.15) is 31.2 Å². The van der Waals surface area contributed by atoms with Gasteiger partial charge in [0.15, 0.2) is 0 Å². The Morgan fingerprint density at radius 2 is 2.14 bits per heavy atom. The van der Waals surface area contributed by atoms with Gasteiger partial charge in [-0.25, -0.2) is 0 Å². The van der Waals surface area contributed by atoms with Gasteiger partial charge in [-0.15, -0.1) is 0 Å². The molecule has 0 radical (unpaired) electrons. The zero-order valence-corrected chi connectivity index (χ0v) is 9.25. The summed E-state index contributed by atoms with van der Waals surface area (Å²) >= 11 is 0. The average molecular weight is 193 g/mol. The summed E-state index contributed by atoms with van der Waals surface area (Å²) in [5.74, 6) is 0. The van der Waals surface area contributed by atoms with Gasteiger partial charge in [-0.3, -0.25) is 0 Å². The fraction of sp³-hybridized carbons (Fsp3) is 0.636. The van der Waals surface area contributed by atoms with Crippen molar-refractivity contribution in [1.29, 1.82) is 0 Å². The minimum Gasteiger partial charge on any atom is -0.317 e. The third-order valence-corrected chi connectivity index (χ3v) is 2.35. The molecule has 0 amide bonds. The quantitative estimate of drug-likeness (QED) is 0.773. The number of likely N-dealkylation sites (N-methyl/N-ethyl adjacent to an activating group) is 1. The fourth-order valence-electron chi connectivity index (χ4n) is 1.48. The lowest BCUT2D eigenvalue weighted by Gasteiger charge is -2.13. The summed E-state index contributed by atoms with van der Waals surface area (Å²) < 4.78 is 0. The second-order valence-corrected chi connectivity index (χ2v) is 3.64. The summed E-state index contributed by atoms with van der Waals surface area (Å²) in [6.45, 7) is 4.16. The molecule has 1 atom stereocenters. The highest BCUT2D eigenvalue weighted by atomic mass is 15.1. The number of hydrogen-bond donors (Lipinski definition) is 1. The van der Waals surface area contributed by atoms with Crippen LogP contribution in [0.25, 0.3) is 0 Å². The Kier molecular flexibility index (Phi) is 4.53. The van der Waals surface area contributed by atoms with Gasteiger partial charge in [0, 0.05) is 12.5 Å². The average Bonchev–Trinajstić information content (AvgIpc) is 2.20. The maximum atomic E-state index is 4.16. The van der Waals surface area contributed by atoms with E-state index in [2.05, 4.69) is 28.5 Å². The zero-order valence-electron chi connectivity index (χ0n) is 9.25. The maximum Gasteiger partial charge on any atom is 0.0646 e. The predicted molar refractivity (Wildman–Crippen MR) is 58.2 cm³/mol. The lowest BCUT2D eigenvalue weighted by molar-refractivity contribution is 0.506. The van der Waals surface area contributed by atoms with E-state index < -0.39 is 0 Å². The molecule has 78 valence electrons. The molecule has 1 unspecified atom stereocenters. The normalized spacial score (nSPS) is 12.8. The Morgan fingerprint density at radius 3 is 2.64 bits per heavy atom. The van der Waals surface area contributed by atoms with Crippen molar-refractivity contribution < 1.29 is 0 Å². The van der Waals surface area contributed by atoms with Crippen LogP contribution in [-0.2, 0) is 6.42 Å². The highest BCUT2D eigenvalue weighted by Gasteiger charge is 2.06. The highest BCUT2D eigenvalue weighted by Crippen LogP contribution is 2.04. The van der Waals surface area contributed by atoms with Crippen molar-refractivity contribution in [3.8, 4) is 0 Å². The second-order valence-electron chi connectivity index (χ2n) is 3.64. The van der Waals surface area contributed by atoms with Gasteiger partial charge in [0.1, 0.15) is 0 Å². The first-order valence-electron chi connectivity index (χ1n) is 5.22. The minimum atomic E-state index is 0.525. The number of nitrogens with zero attached hydrogens (tertiary/aromatic N) is 2. The van der Waals surface area contributed by atoms with Crippen molar-refractivity contribution in [2.24, 2.45) is 0 Å². The van der Waals surface area contributed by atoms with Crippen molar-refractivity contribution in [3.05, 3.63) is 23.5 Å². The first kappa shape index (κ1) is 11.1.